The lowest BCUT2D eigenvalue weighted by molar-refractivity contribution is 0.141. The number of aliphatic hydroxyl groups is 1. The highest BCUT2D eigenvalue weighted by Crippen LogP contribution is 2.40. The Balaban J connectivity index is 1.76. The van der Waals surface area contributed by atoms with E-state index in [2.05, 4.69) is 11.8 Å². The molecule has 1 aliphatic rings. The highest BCUT2D eigenvalue weighted by atomic mass is 35.5. The Bertz CT molecular complexity index is 620. The molecule has 1 aliphatic heterocycles. The lowest BCUT2D eigenvalue weighted by Gasteiger charge is -2.41. The van der Waals surface area contributed by atoms with Crippen LogP contribution in [0.15, 0.2) is 18.2 Å². The largest absolute Gasteiger partial charge is 0.396 e. The lowest BCUT2D eigenvalue weighted by Crippen LogP contribution is -2.40. The quantitative estimate of drug-likeness (QED) is 0.909. The molecule has 2 aromatic rings. The summed E-state index contributed by atoms with van der Waals surface area (Å²) in [4.78, 5) is 7.11. The summed E-state index contributed by atoms with van der Waals surface area (Å²) in [5.41, 5.74) is 1.35. The zero-order valence-electron chi connectivity index (χ0n) is 12.3. The topological polar surface area (TPSA) is 36.4 Å². The number of halogens is 1. The molecular formula is C16H21ClN2OS. The Morgan fingerprint density at radius 2 is 2.14 bits per heavy atom. The van der Waals surface area contributed by atoms with Gasteiger partial charge in [-0.15, -0.1) is 0 Å². The summed E-state index contributed by atoms with van der Waals surface area (Å²) >= 11 is 7.77. The van der Waals surface area contributed by atoms with Crippen molar-refractivity contribution < 1.29 is 5.11 Å². The van der Waals surface area contributed by atoms with Gasteiger partial charge in [0.2, 0.25) is 0 Å². The Hall–Kier alpha value is -0.840. The number of nitrogens with zero attached hydrogens (tertiary/aromatic N) is 2. The van der Waals surface area contributed by atoms with Crippen molar-refractivity contribution in [1.82, 2.24) is 4.98 Å². The smallest absolute Gasteiger partial charge is 0.186 e. The van der Waals surface area contributed by atoms with Crippen LogP contribution in [0, 0.1) is 5.41 Å². The van der Waals surface area contributed by atoms with Gasteiger partial charge < -0.3 is 10.0 Å². The Kier molecular flexibility index (Phi) is 4.38. The van der Waals surface area contributed by atoms with Crippen LogP contribution in [-0.4, -0.2) is 29.8 Å². The first-order chi connectivity index (χ1) is 10.2. The monoisotopic (exact) mass is 324 g/mol. The number of hydrogen-bond donors (Lipinski definition) is 1. The van der Waals surface area contributed by atoms with E-state index in [0.717, 1.165) is 59.1 Å². The molecule has 21 heavy (non-hydrogen) atoms. The molecule has 0 saturated carbocycles. The third kappa shape index (κ3) is 3.03. The average Bonchev–Trinajstić information content (AvgIpc) is 2.91. The van der Waals surface area contributed by atoms with Crippen LogP contribution < -0.4 is 4.90 Å². The fraction of sp³-hybridized carbons (Fsp3) is 0.562. The van der Waals surface area contributed by atoms with Gasteiger partial charge in [0.15, 0.2) is 5.13 Å². The third-order valence-electron chi connectivity index (χ3n) is 4.83. The zero-order chi connectivity index (χ0) is 14.9. The predicted molar refractivity (Wildman–Crippen MR) is 90.5 cm³/mol. The summed E-state index contributed by atoms with van der Waals surface area (Å²) in [5.74, 6) is 0. The molecule has 0 radical (unpaired) electrons. The number of rotatable bonds is 4. The summed E-state index contributed by atoms with van der Waals surface area (Å²) < 4.78 is 1.15. The molecule has 3 nitrogen and oxygen atoms in total. The van der Waals surface area contributed by atoms with Gasteiger partial charge in [-0.05, 0) is 42.9 Å². The van der Waals surface area contributed by atoms with Gasteiger partial charge >= 0.3 is 0 Å². The summed E-state index contributed by atoms with van der Waals surface area (Å²) in [5, 5.41) is 11.1. The molecule has 3 rings (SSSR count). The number of benzene rings is 1. The summed E-state index contributed by atoms with van der Waals surface area (Å²) in [6, 6.07) is 5.88. The minimum Gasteiger partial charge on any atom is -0.396 e. The van der Waals surface area contributed by atoms with Gasteiger partial charge in [0.25, 0.3) is 0 Å². The number of fused-ring (bicyclic) bond motifs is 1. The van der Waals surface area contributed by atoms with Crippen LogP contribution in [-0.2, 0) is 0 Å². The van der Waals surface area contributed by atoms with E-state index >= 15 is 0 Å². The highest BCUT2D eigenvalue weighted by Gasteiger charge is 2.33. The van der Waals surface area contributed by atoms with Crippen molar-refractivity contribution in [3.05, 3.63) is 23.2 Å². The van der Waals surface area contributed by atoms with Crippen LogP contribution in [0.25, 0.3) is 10.2 Å². The first kappa shape index (κ1) is 15.1. The first-order valence-electron chi connectivity index (χ1n) is 7.58. The molecule has 0 atom stereocenters. The van der Waals surface area contributed by atoms with Crippen LogP contribution in [0.2, 0.25) is 5.02 Å². The molecular weight excluding hydrogens is 304 g/mol. The van der Waals surface area contributed by atoms with Gasteiger partial charge in [0.1, 0.15) is 0 Å². The lowest BCUT2D eigenvalue weighted by atomic mass is 9.74. The average molecular weight is 325 g/mol. The standard InChI is InChI=1S/C16H21ClN2OS/c1-2-16(7-10-20)5-8-19(9-6-16)15-18-13-4-3-12(17)11-14(13)21-15/h3-4,11,20H,2,5-10H2,1H3. The molecule has 114 valence electrons. The minimum absolute atomic E-state index is 0.299. The van der Waals surface area contributed by atoms with E-state index in [0.29, 0.717) is 12.0 Å². The fourth-order valence-electron chi connectivity index (χ4n) is 3.21. The molecule has 1 aromatic carbocycles. The maximum Gasteiger partial charge on any atom is 0.186 e. The van der Waals surface area contributed by atoms with Gasteiger partial charge in [0.05, 0.1) is 10.2 Å². The molecule has 2 heterocycles. The number of hydrogen-bond acceptors (Lipinski definition) is 4. The van der Waals surface area contributed by atoms with Crippen molar-refractivity contribution in [2.75, 3.05) is 24.6 Å². The number of piperidine rings is 1. The normalized spacial score (nSPS) is 18.3. The van der Waals surface area contributed by atoms with Gasteiger partial charge in [-0.25, -0.2) is 4.98 Å². The summed E-state index contributed by atoms with van der Waals surface area (Å²) in [6.07, 6.45) is 4.35. The van der Waals surface area contributed by atoms with Crippen molar-refractivity contribution in [3.8, 4) is 0 Å². The van der Waals surface area contributed by atoms with E-state index in [9.17, 15) is 5.11 Å². The van der Waals surface area contributed by atoms with E-state index < -0.39 is 0 Å². The number of aliphatic hydroxyl groups excluding tert-OH is 1. The van der Waals surface area contributed by atoms with Crippen molar-refractivity contribution in [3.63, 3.8) is 0 Å². The van der Waals surface area contributed by atoms with E-state index in [4.69, 9.17) is 16.6 Å². The second-order valence-corrected chi connectivity index (χ2v) is 7.37. The van der Waals surface area contributed by atoms with E-state index in [-0.39, 0.29) is 0 Å². The van der Waals surface area contributed by atoms with Crippen LogP contribution in [0.3, 0.4) is 0 Å². The molecule has 1 saturated heterocycles. The van der Waals surface area contributed by atoms with Crippen LogP contribution in [0.1, 0.15) is 32.6 Å². The minimum atomic E-state index is 0.299. The zero-order valence-corrected chi connectivity index (χ0v) is 13.9. The summed E-state index contributed by atoms with van der Waals surface area (Å²) in [7, 11) is 0. The SMILES string of the molecule is CCC1(CCO)CCN(c2nc3ccc(Cl)cc3s2)CC1. The van der Waals surface area contributed by atoms with Crippen molar-refractivity contribution in [1.29, 1.82) is 0 Å². The summed E-state index contributed by atoms with van der Waals surface area (Å²) in [6.45, 7) is 4.60. The molecule has 5 heteroatoms. The molecule has 1 aromatic heterocycles. The maximum absolute atomic E-state index is 9.28. The molecule has 0 aliphatic carbocycles. The molecule has 0 spiro atoms. The van der Waals surface area contributed by atoms with Crippen LogP contribution in [0.5, 0.6) is 0 Å². The second kappa shape index (κ2) is 6.11. The van der Waals surface area contributed by atoms with Gasteiger partial charge in [-0.1, -0.05) is 36.3 Å². The first-order valence-corrected chi connectivity index (χ1v) is 8.77. The highest BCUT2D eigenvalue weighted by molar-refractivity contribution is 7.22. The fourth-order valence-corrected chi connectivity index (χ4v) is 4.50. The van der Waals surface area contributed by atoms with Gasteiger partial charge in [-0.2, -0.15) is 0 Å². The molecule has 1 fully saturated rings. The Morgan fingerprint density at radius 1 is 1.38 bits per heavy atom. The van der Waals surface area contributed by atoms with E-state index in [1.54, 1.807) is 11.3 Å². The number of anilines is 1. The Morgan fingerprint density at radius 3 is 2.81 bits per heavy atom. The van der Waals surface area contributed by atoms with Crippen LogP contribution >= 0.6 is 22.9 Å². The number of aromatic nitrogens is 1. The predicted octanol–water partition coefficient (Wildman–Crippen LogP) is 4.33. The van der Waals surface area contributed by atoms with Gasteiger partial charge in [0, 0.05) is 24.7 Å². The van der Waals surface area contributed by atoms with Crippen molar-refractivity contribution in [2.45, 2.75) is 32.6 Å². The third-order valence-corrected chi connectivity index (χ3v) is 6.14. The Labute approximate surface area is 134 Å². The molecule has 1 N–H and O–H groups in total. The molecule has 0 unspecified atom stereocenters. The molecule has 0 bridgehead atoms. The van der Waals surface area contributed by atoms with Crippen molar-refractivity contribution >= 4 is 38.3 Å². The van der Waals surface area contributed by atoms with Crippen molar-refractivity contribution in [2.24, 2.45) is 5.41 Å². The van der Waals surface area contributed by atoms with Crippen LogP contribution in [0.4, 0.5) is 5.13 Å². The van der Waals surface area contributed by atoms with E-state index in [1.807, 2.05) is 18.2 Å². The molecule has 0 amide bonds. The maximum atomic E-state index is 9.28. The van der Waals surface area contributed by atoms with E-state index in [1.165, 1.54) is 0 Å². The number of thiazole rings is 1. The second-order valence-electron chi connectivity index (χ2n) is 5.92. The van der Waals surface area contributed by atoms with Gasteiger partial charge in [-0.3, -0.25) is 0 Å².